The third-order valence-electron chi connectivity index (χ3n) is 5.87. The minimum atomic E-state index is -0.203. The average molecular weight is 485 g/mol. The zero-order valence-corrected chi connectivity index (χ0v) is 21.0. The first-order valence-electron chi connectivity index (χ1n) is 12.3. The summed E-state index contributed by atoms with van der Waals surface area (Å²) in [4.78, 5) is 17.6. The Morgan fingerprint density at radius 3 is 2.33 bits per heavy atom. The average Bonchev–Trinajstić information content (AvgIpc) is 3.33. The number of hydrogen-bond donors (Lipinski definition) is 1. The van der Waals surface area contributed by atoms with Gasteiger partial charge in [0.05, 0.1) is 18.2 Å². The van der Waals surface area contributed by atoms with Gasteiger partial charge in [-0.2, -0.15) is 4.98 Å². The summed E-state index contributed by atoms with van der Waals surface area (Å²) in [6.07, 6.45) is 0.721. The van der Waals surface area contributed by atoms with Crippen molar-refractivity contribution in [1.82, 2.24) is 14.8 Å². The molecule has 0 aliphatic heterocycles. The molecule has 0 saturated carbocycles. The van der Waals surface area contributed by atoms with Crippen LogP contribution in [0.5, 0.6) is 6.01 Å². The zero-order chi connectivity index (χ0) is 25.3. The van der Waals surface area contributed by atoms with Gasteiger partial charge in [-0.15, -0.1) is 5.10 Å². The molecule has 3 aromatic carbocycles. The molecule has 186 valence electrons. The molecule has 0 radical (unpaired) electrons. The lowest BCUT2D eigenvalue weighted by atomic mass is 9.95. The molecule has 1 aromatic heterocycles. The molecule has 0 aliphatic carbocycles. The molecule has 4 aromatic rings. The van der Waals surface area contributed by atoms with Gasteiger partial charge in [-0.1, -0.05) is 67.1 Å². The molecule has 0 spiro atoms. The zero-order valence-electron chi connectivity index (χ0n) is 21.0. The van der Waals surface area contributed by atoms with Crippen LogP contribution in [0.2, 0.25) is 0 Å². The quantitative estimate of drug-likeness (QED) is 0.273. The largest absolute Gasteiger partial charge is 0.460 e. The molecule has 7 heteroatoms. The van der Waals surface area contributed by atoms with Gasteiger partial charge < -0.3 is 14.8 Å². The van der Waals surface area contributed by atoms with Crippen LogP contribution < -0.4 is 10.1 Å². The van der Waals surface area contributed by atoms with Crippen molar-refractivity contribution in [2.45, 2.75) is 33.1 Å². The van der Waals surface area contributed by atoms with Gasteiger partial charge in [0, 0.05) is 17.9 Å². The predicted octanol–water partition coefficient (Wildman–Crippen LogP) is 5.79. The fourth-order valence-corrected chi connectivity index (χ4v) is 3.93. The SMILES string of the molecule is CCOCCOc1nc(-c2ccc(C)cc2)n(-c2ccc(NC(=O)C(CC)c3ccccc3)cc2)n1. The number of anilines is 1. The van der Waals surface area contributed by atoms with E-state index in [1.54, 1.807) is 4.68 Å². The van der Waals surface area contributed by atoms with Crippen LogP contribution in [0, 0.1) is 6.92 Å². The van der Waals surface area contributed by atoms with Gasteiger partial charge in [0.2, 0.25) is 5.91 Å². The molecule has 0 saturated heterocycles. The number of hydrogen-bond acceptors (Lipinski definition) is 5. The Morgan fingerprint density at radius 2 is 1.67 bits per heavy atom. The second-order valence-corrected chi connectivity index (χ2v) is 8.45. The molecule has 4 rings (SSSR count). The molecule has 1 unspecified atom stereocenters. The van der Waals surface area contributed by atoms with Gasteiger partial charge >= 0.3 is 6.01 Å². The van der Waals surface area contributed by atoms with Crippen molar-refractivity contribution in [1.29, 1.82) is 0 Å². The number of ether oxygens (including phenoxy) is 2. The van der Waals surface area contributed by atoms with Gasteiger partial charge in [-0.3, -0.25) is 4.79 Å². The third-order valence-corrected chi connectivity index (χ3v) is 5.87. The van der Waals surface area contributed by atoms with Crippen molar-refractivity contribution in [3.8, 4) is 23.1 Å². The van der Waals surface area contributed by atoms with E-state index >= 15 is 0 Å². The second kappa shape index (κ2) is 12.1. The van der Waals surface area contributed by atoms with Gasteiger partial charge in [-0.25, -0.2) is 4.68 Å². The topological polar surface area (TPSA) is 78.3 Å². The molecular weight excluding hydrogens is 452 g/mol. The van der Waals surface area contributed by atoms with E-state index in [2.05, 4.69) is 15.4 Å². The van der Waals surface area contributed by atoms with Crippen molar-refractivity contribution >= 4 is 11.6 Å². The Morgan fingerprint density at radius 1 is 0.944 bits per heavy atom. The minimum absolute atomic E-state index is 0.0254. The van der Waals surface area contributed by atoms with Crippen LogP contribution in [0.15, 0.2) is 78.9 Å². The van der Waals surface area contributed by atoms with Crippen LogP contribution in [-0.2, 0) is 9.53 Å². The Labute approximate surface area is 212 Å². The highest BCUT2D eigenvalue weighted by Gasteiger charge is 2.19. The Bertz CT molecular complexity index is 1250. The maximum atomic E-state index is 13.0. The fraction of sp³-hybridized carbons (Fsp3) is 0.276. The maximum absolute atomic E-state index is 13.0. The lowest BCUT2D eigenvalue weighted by molar-refractivity contribution is -0.117. The molecule has 1 heterocycles. The Kier molecular flexibility index (Phi) is 8.47. The van der Waals surface area contributed by atoms with E-state index in [4.69, 9.17) is 9.47 Å². The van der Waals surface area contributed by atoms with Gasteiger partial charge in [0.1, 0.15) is 6.61 Å². The first-order valence-corrected chi connectivity index (χ1v) is 12.3. The highest BCUT2D eigenvalue weighted by atomic mass is 16.5. The van der Waals surface area contributed by atoms with Crippen LogP contribution in [0.3, 0.4) is 0 Å². The minimum Gasteiger partial charge on any atom is -0.460 e. The lowest BCUT2D eigenvalue weighted by Gasteiger charge is -2.15. The highest BCUT2D eigenvalue weighted by molar-refractivity contribution is 5.95. The number of carbonyl (C=O) groups is 1. The number of rotatable bonds is 11. The summed E-state index contributed by atoms with van der Waals surface area (Å²) >= 11 is 0. The van der Waals surface area contributed by atoms with Gasteiger partial charge in [-0.05, 0) is 50.1 Å². The molecule has 0 fully saturated rings. The van der Waals surface area contributed by atoms with Crippen LogP contribution in [0.4, 0.5) is 5.69 Å². The standard InChI is InChI=1S/C29H32N4O3/c1-4-26(22-9-7-6-8-10-22)28(34)30-24-15-17-25(18-16-24)33-27(23-13-11-21(3)12-14-23)31-29(32-33)36-20-19-35-5-2/h6-18,26H,4-5,19-20H2,1-3H3,(H,30,34). The summed E-state index contributed by atoms with van der Waals surface area (Å²) in [5, 5.41) is 7.63. The third kappa shape index (κ3) is 6.17. The van der Waals surface area contributed by atoms with Crippen LogP contribution in [0.1, 0.15) is 37.3 Å². The molecule has 1 atom stereocenters. The number of nitrogens with one attached hydrogen (secondary N) is 1. The van der Waals surface area contributed by atoms with Crippen molar-refractivity contribution in [3.05, 3.63) is 90.0 Å². The van der Waals surface area contributed by atoms with E-state index < -0.39 is 0 Å². The van der Waals surface area contributed by atoms with E-state index in [1.165, 1.54) is 5.56 Å². The van der Waals surface area contributed by atoms with E-state index in [9.17, 15) is 4.79 Å². The summed E-state index contributed by atoms with van der Waals surface area (Å²) in [5.41, 5.74) is 4.64. The molecule has 7 nitrogen and oxygen atoms in total. The van der Waals surface area contributed by atoms with Gasteiger partial charge in [0.25, 0.3) is 0 Å². The van der Waals surface area contributed by atoms with Crippen molar-refractivity contribution in [2.75, 3.05) is 25.1 Å². The number of aryl methyl sites for hydroxylation is 1. The summed E-state index contributed by atoms with van der Waals surface area (Å²) < 4.78 is 12.8. The predicted molar refractivity (Wildman–Crippen MR) is 142 cm³/mol. The van der Waals surface area contributed by atoms with Crippen LogP contribution in [0.25, 0.3) is 17.1 Å². The van der Waals surface area contributed by atoms with E-state index in [-0.39, 0.29) is 17.8 Å². The molecule has 0 aliphatic rings. The van der Waals surface area contributed by atoms with Crippen molar-refractivity contribution in [3.63, 3.8) is 0 Å². The number of benzene rings is 3. The number of aromatic nitrogens is 3. The van der Waals surface area contributed by atoms with E-state index in [1.807, 2.05) is 99.6 Å². The highest BCUT2D eigenvalue weighted by Crippen LogP contribution is 2.26. The smallest absolute Gasteiger partial charge is 0.336 e. The Balaban J connectivity index is 1.55. The molecule has 0 bridgehead atoms. The van der Waals surface area contributed by atoms with E-state index in [0.717, 1.165) is 28.9 Å². The summed E-state index contributed by atoms with van der Waals surface area (Å²) in [7, 11) is 0. The second-order valence-electron chi connectivity index (χ2n) is 8.45. The van der Waals surface area contributed by atoms with Crippen LogP contribution >= 0.6 is 0 Å². The molecule has 1 amide bonds. The first kappa shape index (κ1) is 25.1. The lowest BCUT2D eigenvalue weighted by Crippen LogP contribution is -2.20. The van der Waals surface area contributed by atoms with Gasteiger partial charge in [0.15, 0.2) is 5.82 Å². The molecular formula is C29H32N4O3. The number of amides is 1. The maximum Gasteiger partial charge on any atom is 0.336 e. The summed E-state index contributed by atoms with van der Waals surface area (Å²) in [6, 6.07) is 25.8. The van der Waals surface area contributed by atoms with Crippen molar-refractivity contribution in [2.24, 2.45) is 0 Å². The summed E-state index contributed by atoms with van der Waals surface area (Å²) in [5.74, 6) is 0.446. The molecule has 1 N–H and O–H groups in total. The first-order chi connectivity index (χ1) is 17.6. The van der Waals surface area contributed by atoms with Crippen LogP contribution in [-0.4, -0.2) is 40.5 Å². The normalized spacial score (nSPS) is 11.8. The number of nitrogens with zero attached hydrogens (tertiary/aromatic N) is 3. The fourth-order valence-electron chi connectivity index (χ4n) is 3.93. The number of carbonyl (C=O) groups excluding carboxylic acids is 1. The monoisotopic (exact) mass is 484 g/mol. The molecule has 36 heavy (non-hydrogen) atoms. The van der Waals surface area contributed by atoms with E-state index in [0.29, 0.717) is 25.6 Å². The van der Waals surface area contributed by atoms with Crippen molar-refractivity contribution < 1.29 is 14.3 Å². The summed E-state index contributed by atoms with van der Waals surface area (Å²) in [6.45, 7) is 7.49. The Hall–Kier alpha value is -3.97.